The second kappa shape index (κ2) is 5.35. The van der Waals surface area contributed by atoms with Crippen molar-refractivity contribution in [3.63, 3.8) is 0 Å². The largest absolute Gasteiger partial charge is 0.369 e. The van der Waals surface area contributed by atoms with Gasteiger partial charge in [0.25, 0.3) is 5.91 Å². The maximum atomic E-state index is 12.7. The second-order valence-electron chi connectivity index (χ2n) is 6.93. The summed E-state index contributed by atoms with van der Waals surface area (Å²) >= 11 is 0. The molecule has 3 rings (SSSR count). The average molecular weight is 306 g/mol. The number of carbonyl (C=O) groups is 1. The summed E-state index contributed by atoms with van der Waals surface area (Å²) in [6, 6.07) is 0. The summed E-state index contributed by atoms with van der Waals surface area (Å²) in [6.07, 6.45) is 3.10. The highest BCUT2D eigenvalue weighted by atomic mass is 16.5. The molecule has 6 nitrogen and oxygen atoms in total. The average Bonchev–Trinajstić information content (AvgIpc) is 3.15. The first kappa shape index (κ1) is 15.5. The molecule has 1 aliphatic carbocycles. The minimum Gasteiger partial charge on any atom is -0.369 e. The van der Waals surface area contributed by atoms with Gasteiger partial charge in [-0.1, -0.05) is 0 Å². The molecule has 0 unspecified atom stereocenters. The Balaban J connectivity index is 1.79. The lowest BCUT2D eigenvalue weighted by atomic mass is 9.99. The molecular formula is C16H26N4O2. The Bertz CT molecular complexity index is 589. The molecule has 0 spiro atoms. The van der Waals surface area contributed by atoms with Crippen LogP contribution in [-0.4, -0.2) is 52.9 Å². The van der Waals surface area contributed by atoms with Gasteiger partial charge in [-0.05, 0) is 40.8 Å². The van der Waals surface area contributed by atoms with Gasteiger partial charge in [0.05, 0.1) is 17.9 Å². The number of carbonyl (C=O) groups excluding carboxylic acids is 1. The third-order valence-electron chi connectivity index (χ3n) is 5.06. The van der Waals surface area contributed by atoms with Crippen LogP contribution in [0.2, 0.25) is 0 Å². The molecule has 1 aromatic heterocycles. The Morgan fingerprint density at radius 2 is 2.14 bits per heavy atom. The molecule has 1 aliphatic heterocycles. The van der Waals surface area contributed by atoms with Gasteiger partial charge in [0.1, 0.15) is 5.69 Å². The highest BCUT2D eigenvalue weighted by molar-refractivity contribution is 5.94. The van der Waals surface area contributed by atoms with E-state index in [2.05, 4.69) is 29.4 Å². The number of rotatable bonds is 4. The van der Waals surface area contributed by atoms with Gasteiger partial charge in [0.2, 0.25) is 0 Å². The number of hydrogen-bond donors (Lipinski definition) is 1. The SMILES string of the molecule is C[C@@H]1Cc2c(nn(C)c2C(=O)NCC2(N(C)C)CC2)[C@H](C)O1. The van der Waals surface area contributed by atoms with Crippen molar-refractivity contribution < 1.29 is 9.53 Å². The van der Waals surface area contributed by atoms with Crippen molar-refractivity contribution in [3.05, 3.63) is 17.0 Å². The number of nitrogens with zero attached hydrogens (tertiary/aromatic N) is 3. The van der Waals surface area contributed by atoms with E-state index < -0.39 is 0 Å². The molecule has 6 heteroatoms. The quantitative estimate of drug-likeness (QED) is 0.910. The van der Waals surface area contributed by atoms with Gasteiger partial charge in [0.15, 0.2) is 0 Å². The first-order chi connectivity index (χ1) is 10.3. The Labute approximate surface area is 131 Å². The number of ether oxygens (including phenoxy) is 1. The molecule has 0 aromatic carbocycles. The predicted molar refractivity (Wildman–Crippen MR) is 83.9 cm³/mol. The first-order valence-electron chi connectivity index (χ1n) is 8.01. The van der Waals surface area contributed by atoms with Crippen molar-refractivity contribution in [2.24, 2.45) is 7.05 Å². The molecule has 0 radical (unpaired) electrons. The van der Waals surface area contributed by atoms with Crippen molar-refractivity contribution in [2.75, 3.05) is 20.6 Å². The van der Waals surface area contributed by atoms with Gasteiger partial charge in [-0.3, -0.25) is 9.48 Å². The number of aromatic nitrogens is 2. The number of fused-ring (bicyclic) bond motifs is 1. The Hall–Kier alpha value is -1.40. The number of amides is 1. The van der Waals surface area contributed by atoms with Crippen molar-refractivity contribution in [1.82, 2.24) is 20.0 Å². The fourth-order valence-electron chi connectivity index (χ4n) is 3.40. The Morgan fingerprint density at radius 3 is 2.73 bits per heavy atom. The van der Waals surface area contributed by atoms with Crippen molar-refractivity contribution in [3.8, 4) is 0 Å². The lowest BCUT2D eigenvalue weighted by molar-refractivity contribution is -0.00710. The normalized spacial score (nSPS) is 25.9. The molecule has 1 amide bonds. The first-order valence-corrected chi connectivity index (χ1v) is 8.01. The van der Waals surface area contributed by atoms with Crippen molar-refractivity contribution >= 4 is 5.91 Å². The Kier molecular flexibility index (Phi) is 3.77. The molecule has 0 bridgehead atoms. The fourth-order valence-corrected chi connectivity index (χ4v) is 3.40. The molecule has 1 fully saturated rings. The van der Waals surface area contributed by atoms with Crippen LogP contribution in [0.1, 0.15) is 54.5 Å². The molecule has 122 valence electrons. The fraction of sp³-hybridized carbons (Fsp3) is 0.750. The maximum Gasteiger partial charge on any atom is 0.269 e. The van der Waals surface area contributed by atoms with Crippen LogP contribution in [0.4, 0.5) is 0 Å². The van der Waals surface area contributed by atoms with Crippen LogP contribution in [-0.2, 0) is 18.2 Å². The third-order valence-corrected chi connectivity index (χ3v) is 5.06. The third kappa shape index (κ3) is 2.54. The van der Waals surface area contributed by atoms with Gasteiger partial charge in [-0.2, -0.15) is 5.10 Å². The minimum atomic E-state index is -0.0527. The maximum absolute atomic E-state index is 12.7. The van der Waals surface area contributed by atoms with Crippen molar-refractivity contribution in [1.29, 1.82) is 0 Å². The van der Waals surface area contributed by atoms with Gasteiger partial charge >= 0.3 is 0 Å². The summed E-state index contributed by atoms with van der Waals surface area (Å²) in [7, 11) is 5.99. The van der Waals surface area contributed by atoms with E-state index in [9.17, 15) is 4.79 Å². The summed E-state index contributed by atoms with van der Waals surface area (Å²) in [6.45, 7) is 4.73. The molecule has 22 heavy (non-hydrogen) atoms. The highest BCUT2D eigenvalue weighted by Crippen LogP contribution is 2.39. The lowest BCUT2D eigenvalue weighted by Crippen LogP contribution is -2.42. The minimum absolute atomic E-state index is 0.0225. The zero-order valence-corrected chi connectivity index (χ0v) is 14.1. The van der Waals surface area contributed by atoms with Crippen LogP contribution < -0.4 is 5.32 Å². The summed E-state index contributed by atoms with van der Waals surface area (Å²) in [5.41, 5.74) is 2.78. The van der Waals surface area contributed by atoms with Crippen LogP contribution in [0.15, 0.2) is 0 Å². The van der Waals surface area contributed by atoms with Crippen molar-refractivity contribution in [2.45, 2.75) is 50.9 Å². The van der Waals surface area contributed by atoms with Crippen LogP contribution in [0, 0.1) is 0 Å². The smallest absolute Gasteiger partial charge is 0.269 e. The molecule has 2 heterocycles. The Morgan fingerprint density at radius 1 is 1.45 bits per heavy atom. The standard InChI is InChI=1S/C16H26N4O2/c1-10-8-12-13(11(2)22-10)18-20(5)14(12)15(21)17-9-16(6-7-16)19(3)4/h10-11H,6-9H2,1-5H3,(H,17,21)/t10-,11+/m1/s1. The summed E-state index contributed by atoms with van der Waals surface area (Å²) in [5, 5.41) is 7.61. The van der Waals surface area contributed by atoms with Crippen LogP contribution in [0.25, 0.3) is 0 Å². The van der Waals surface area contributed by atoms with Gasteiger partial charge < -0.3 is 15.0 Å². The van der Waals surface area contributed by atoms with E-state index in [0.717, 1.165) is 30.5 Å². The van der Waals surface area contributed by atoms with Crippen LogP contribution in [0.5, 0.6) is 0 Å². The zero-order chi connectivity index (χ0) is 16.1. The zero-order valence-electron chi connectivity index (χ0n) is 14.1. The van der Waals surface area contributed by atoms with Gasteiger partial charge in [-0.15, -0.1) is 0 Å². The highest BCUT2D eigenvalue weighted by Gasteiger charge is 2.45. The lowest BCUT2D eigenvalue weighted by Gasteiger charge is -2.25. The van der Waals surface area contributed by atoms with E-state index in [-0.39, 0.29) is 23.7 Å². The molecule has 1 saturated carbocycles. The van der Waals surface area contributed by atoms with E-state index in [1.54, 1.807) is 4.68 Å². The number of hydrogen-bond acceptors (Lipinski definition) is 4. The van der Waals surface area contributed by atoms with Crippen LogP contribution in [0.3, 0.4) is 0 Å². The summed E-state index contributed by atoms with van der Waals surface area (Å²) in [5.74, 6) is -0.0225. The number of nitrogens with one attached hydrogen (secondary N) is 1. The van der Waals surface area contributed by atoms with Gasteiger partial charge in [-0.25, -0.2) is 0 Å². The second-order valence-corrected chi connectivity index (χ2v) is 6.93. The number of aryl methyl sites for hydroxylation is 1. The van der Waals surface area contributed by atoms with E-state index in [0.29, 0.717) is 12.2 Å². The molecular weight excluding hydrogens is 280 g/mol. The topological polar surface area (TPSA) is 59.4 Å². The molecule has 1 N–H and O–H groups in total. The van der Waals surface area contributed by atoms with E-state index >= 15 is 0 Å². The van der Waals surface area contributed by atoms with E-state index in [4.69, 9.17) is 4.74 Å². The number of likely N-dealkylation sites (N-methyl/N-ethyl adjacent to an activating group) is 1. The van der Waals surface area contributed by atoms with E-state index in [1.807, 2.05) is 20.9 Å². The molecule has 2 aliphatic rings. The van der Waals surface area contributed by atoms with E-state index in [1.165, 1.54) is 0 Å². The monoisotopic (exact) mass is 306 g/mol. The molecule has 2 atom stereocenters. The predicted octanol–water partition coefficient (Wildman–Crippen LogP) is 1.27. The molecule has 1 aromatic rings. The summed E-state index contributed by atoms with van der Waals surface area (Å²) < 4.78 is 7.50. The van der Waals surface area contributed by atoms with Gasteiger partial charge in [0, 0.05) is 31.1 Å². The summed E-state index contributed by atoms with van der Waals surface area (Å²) in [4.78, 5) is 14.9. The van der Waals surface area contributed by atoms with Crippen LogP contribution >= 0.6 is 0 Å². The molecule has 0 saturated heterocycles.